The summed E-state index contributed by atoms with van der Waals surface area (Å²) in [7, 11) is -2.96. The van der Waals surface area contributed by atoms with Gasteiger partial charge in [0.2, 0.25) is 0 Å². The molecule has 0 bridgehead atoms. The molecule has 1 saturated heterocycles. The van der Waals surface area contributed by atoms with Crippen LogP contribution in [0.4, 0.5) is 0 Å². The van der Waals surface area contributed by atoms with Crippen molar-refractivity contribution in [1.29, 1.82) is 0 Å². The van der Waals surface area contributed by atoms with E-state index in [0.29, 0.717) is 17.7 Å². The second-order valence-corrected chi connectivity index (χ2v) is 7.69. The molecule has 0 unspecified atom stereocenters. The summed E-state index contributed by atoms with van der Waals surface area (Å²) in [5, 5.41) is 3.02. The number of rotatable bonds is 3. The molecule has 0 spiro atoms. The average Bonchev–Trinajstić information content (AvgIpc) is 2.98. The first-order valence-electron chi connectivity index (χ1n) is 7.07. The van der Waals surface area contributed by atoms with Gasteiger partial charge in [0.05, 0.1) is 28.8 Å². The van der Waals surface area contributed by atoms with Crippen molar-refractivity contribution in [2.24, 2.45) is 4.99 Å². The molecular formula is C15H17N3O3S. The van der Waals surface area contributed by atoms with Gasteiger partial charge in [-0.15, -0.1) is 0 Å². The SMILES string of the molecule is Cc1[nH]n(-c2ccccc2)c(=O)c1C=N[C@@H]1CCS(=O)(=O)C1. The number of aliphatic imine (C=N–C) groups is 1. The van der Waals surface area contributed by atoms with E-state index in [4.69, 9.17) is 0 Å². The normalized spacial score (nSPS) is 20.7. The Hall–Kier alpha value is -2.15. The van der Waals surface area contributed by atoms with E-state index in [0.717, 1.165) is 5.69 Å². The fourth-order valence-electron chi connectivity index (χ4n) is 2.54. The highest BCUT2D eigenvalue weighted by Crippen LogP contribution is 2.14. The van der Waals surface area contributed by atoms with Gasteiger partial charge in [-0.05, 0) is 25.5 Å². The van der Waals surface area contributed by atoms with Gasteiger partial charge < -0.3 is 0 Å². The minimum atomic E-state index is -2.96. The van der Waals surface area contributed by atoms with E-state index < -0.39 is 9.84 Å². The molecule has 1 fully saturated rings. The Bertz CT molecular complexity index is 863. The van der Waals surface area contributed by atoms with E-state index in [1.807, 2.05) is 30.3 Å². The van der Waals surface area contributed by atoms with Crippen molar-refractivity contribution in [1.82, 2.24) is 9.78 Å². The summed E-state index contributed by atoms with van der Waals surface area (Å²) < 4.78 is 24.3. The second-order valence-electron chi connectivity index (χ2n) is 5.46. The van der Waals surface area contributed by atoms with E-state index in [9.17, 15) is 13.2 Å². The molecule has 116 valence electrons. The molecule has 1 aliphatic heterocycles. The number of nitrogens with one attached hydrogen (secondary N) is 1. The van der Waals surface area contributed by atoms with Gasteiger partial charge in [0, 0.05) is 11.9 Å². The number of aromatic amines is 1. The zero-order valence-corrected chi connectivity index (χ0v) is 13.0. The molecule has 1 aliphatic rings. The molecular weight excluding hydrogens is 302 g/mol. The van der Waals surface area contributed by atoms with E-state index in [2.05, 4.69) is 10.1 Å². The molecule has 1 atom stereocenters. The van der Waals surface area contributed by atoms with Crippen LogP contribution in [0.1, 0.15) is 17.7 Å². The Balaban J connectivity index is 1.90. The number of aryl methyl sites for hydroxylation is 1. The third kappa shape index (κ3) is 2.89. The molecule has 0 aliphatic carbocycles. The minimum absolute atomic E-state index is 0.0693. The van der Waals surface area contributed by atoms with Crippen LogP contribution >= 0.6 is 0 Å². The van der Waals surface area contributed by atoms with Gasteiger partial charge in [-0.3, -0.25) is 14.9 Å². The number of sulfone groups is 1. The van der Waals surface area contributed by atoms with Gasteiger partial charge >= 0.3 is 0 Å². The van der Waals surface area contributed by atoms with Gasteiger partial charge in [0.15, 0.2) is 9.84 Å². The molecule has 1 aromatic heterocycles. The first-order valence-corrected chi connectivity index (χ1v) is 8.89. The Kier molecular flexibility index (Phi) is 3.74. The summed E-state index contributed by atoms with van der Waals surface area (Å²) in [5.41, 5.74) is 1.73. The fraction of sp³-hybridized carbons (Fsp3) is 0.333. The van der Waals surface area contributed by atoms with Crippen LogP contribution in [0.3, 0.4) is 0 Å². The van der Waals surface area contributed by atoms with E-state index in [-0.39, 0.29) is 23.1 Å². The first kappa shape index (κ1) is 14.8. The van der Waals surface area contributed by atoms with Crippen molar-refractivity contribution < 1.29 is 8.42 Å². The van der Waals surface area contributed by atoms with Crippen molar-refractivity contribution >= 4 is 16.1 Å². The van der Waals surface area contributed by atoms with Gasteiger partial charge in [-0.1, -0.05) is 18.2 Å². The molecule has 1 aromatic carbocycles. The van der Waals surface area contributed by atoms with Crippen LogP contribution in [0.25, 0.3) is 5.69 Å². The third-order valence-electron chi connectivity index (χ3n) is 3.75. The molecule has 7 heteroatoms. The lowest BCUT2D eigenvalue weighted by Gasteiger charge is -1.99. The van der Waals surface area contributed by atoms with Crippen molar-refractivity contribution in [2.75, 3.05) is 11.5 Å². The quantitative estimate of drug-likeness (QED) is 0.859. The zero-order chi connectivity index (χ0) is 15.7. The molecule has 0 radical (unpaired) electrons. The number of benzene rings is 1. The van der Waals surface area contributed by atoms with Crippen molar-refractivity contribution in [3.05, 3.63) is 51.9 Å². The molecule has 1 N–H and O–H groups in total. The molecule has 2 aromatic rings. The summed E-state index contributed by atoms with van der Waals surface area (Å²) in [4.78, 5) is 16.7. The lowest BCUT2D eigenvalue weighted by molar-refractivity contribution is 0.601. The van der Waals surface area contributed by atoms with Crippen LogP contribution in [-0.4, -0.2) is 42.0 Å². The van der Waals surface area contributed by atoms with E-state index in [1.54, 1.807) is 6.92 Å². The molecule has 0 saturated carbocycles. The smallest absolute Gasteiger partial charge is 0.280 e. The van der Waals surface area contributed by atoms with Gasteiger partial charge in [0.25, 0.3) is 5.56 Å². The largest absolute Gasteiger partial charge is 0.295 e. The molecule has 22 heavy (non-hydrogen) atoms. The maximum atomic E-state index is 12.4. The molecule has 6 nitrogen and oxygen atoms in total. The van der Waals surface area contributed by atoms with Crippen LogP contribution in [-0.2, 0) is 9.84 Å². The van der Waals surface area contributed by atoms with Crippen LogP contribution in [0, 0.1) is 6.92 Å². The van der Waals surface area contributed by atoms with Gasteiger partial charge in [0.1, 0.15) is 0 Å². The summed E-state index contributed by atoms with van der Waals surface area (Å²) in [6.07, 6.45) is 2.02. The predicted molar refractivity (Wildman–Crippen MR) is 85.8 cm³/mol. The lowest BCUT2D eigenvalue weighted by Crippen LogP contribution is -2.17. The summed E-state index contributed by atoms with van der Waals surface area (Å²) in [5.74, 6) is 0.245. The predicted octanol–water partition coefficient (Wildman–Crippen LogP) is 1.08. The number of nitrogens with zero attached hydrogens (tertiary/aromatic N) is 2. The standard InChI is InChI=1S/C15H17N3O3S/c1-11-14(9-16-12-7-8-22(20,21)10-12)15(19)18(17-11)13-5-3-2-4-6-13/h2-6,9,12,17H,7-8,10H2,1H3/t12-/m1/s1. The second kappa shape index (κ2) is 5.57. The molecule has 0 amide bonds. The van der Waals surface area contributed by atoms with Crippen molar-refractivity contribution in [3.8, 4) is 5.69 Å². The highest BCUT2D eigenvalue weighted by atomic mass is 32.2. The van der Waals surface area contributed by atoms with Crippen LogP contribution in [0.2, 0.25) is 0 Å². The highest BCUT2D eigenvalue weighted by Gasteiger charge is 2.27. The Morgan fingerprint density at radius 3 is 2.68 bits per heavy atom. The Labute approximate surface area is 128 Å². The number of hydrogen-bond donors (Lipinski definition) is 1. The average molecular weight is 319 g/mol. The number of H-pyrrole nitrogens is 1. The van der Waals surface area contributed by atoms with Crippen molar-refractivity contribution in [2.45, 2.75) is 19.4 Å². The maximum absolute atomic E-state index is 12.4. The molecule has 2 heterocycles. The number of para-hydroxylation sites is 1. The monoisotopic (exact) mass is 319 g/mol. The topological polar surface area (TPSA) is 84.3 Å². The highest BCUT2D eigenvalue weighted by molar-refractivity contribution is 7.91. The Morgan fingerprint density at radius 1 is 1.32 bits per heavy atom. The maximum Gasteiger partial charge on any atom is 0.280 e. The molecule has 3 rings (SSSR count). The van der Waals surface area contributed by atoms with E-state index in [1.165, 1.54) is 10.9 Å². The first-order chi connectivity index (χ1) is 10.5. The van der Waals surface area contributed by atoms with Gasteiger partial charge in [-0.2, -0.15) is 0 Å². The van der Waals surface area contributed by atoms with Crippen LogP contribution < -0.4 is 5.56 Å². The van der Waals surface area contributed by atoms with Crippen LogP contribution in [0.15, 0.2) is 40.1 Å². The number of aromatic nitrogens is 2. The number of hydrogen-bond acceptors (Lipinski definition) is 4. The summed E-state index contributed by atoms with van der Waals surface area (Å²) >= 11 is 0. The van der Waals surface area contributed by atoms with Crippen LogP contribution in [0.5, 0.6) is 0 Å². The Morgan fingerprint density at radius 2 is 2.05 bits per heavy atom. The minimum Gasteiger partial charge on any atom is -0.295 e. The lowest BCUT2D eigenvalue weighted by atomic mass is 10.2. The van der Waals surface area contributed by atoms with E-state index >= 15 is 0 Å². The summed E-state index contributed by atoms with van der Waals surface area (Å²) in [6, 6.07) is 9.02. The summed E-state index contributed by atoms with van der Waals surface area (Å²) in [6.45, 7) is 1.80. The van der Waals surface area contributed by atoms with Gasteiger partial charge in [-0.25, -0.2) is 13.1 Å². The van der Waals surface area contributed by atoms with Crippen molar-refractivity contribution in [3.63, 3.8) is 0 Å². The zero-order valence-electron chi connectivity index (χ0n) is 12.2. The fourth-order valence-corrected chi connectivity index (χ4v) is 4.18. The third-order valence-corrected chi connectivity index (χ3v) is 5.50.